The SMILES string of the molecule is CC(N)Cc1ccc(Sc2cc3ccccc3[nH]2)c(F)c1. The van der Waals surface area contributed by atoms with Gasteiger partial charge >= 0.3 is 0 Å². The largest absolute Gasteiger partial charge is 0.349 e. The molecule has 0 radical (unpaired) electrons. The second-order valence-corrected chi connectivity index (χ2v) is 6.35. The Morgan fingerprint density at radius 3 is 2.71 bits per heavy atom. The fraction of sp³-hybridized carbons (Fsp3) is 0.176. The second-order valence-electron chi connectivity index (χ2n) is 5.27. The lowest BCUT2D eigenvalue weighted by atomic mass is 10.1. The smallest absolute Gasteiger partial charge is 0.137 e. The van der Waals surface area contributed by atoms with E-state index in [2.05, 4.69) is 4.98 Å². The van der Waals surface area contributed by atoms with Crippen molar-refractivity contribution in [3.05, 3.63) is 59.9 Å². The summed E-state index contributed by atoms with van der Waals surface area (Å²) in [7, 11) is 0. The molecule has 1 aromatic heterocycles. The zero-order valence-corrected chi connectivity index (χ0v) is 12.6. The lowest BCUT2D eigenvalue weighted by Gasteiger charge is -2.07. The van der Waals surface area contributed by atoms with E-state index in [-0.39, 0.29) is 11.9 Å². The van der Waals surface area contributed by atoms with Crippen LogP contribution in [-0.2, 0) is 6.42 Å². The third-order valence-electron chi connectivity index (χ3n) is 3.28. The molecule has 2 aromatic carbocycles. The van der Waals surface area contributed by atoms with Crippen LogP contribution in [0.4, 0.5) is 4.39 Å². The Morgan fingerprint density at radius 2 is 2.00 bits per heavy atom. The first kappa shape index (κ1) is 14.2. The van der Waals surface area contributed by atoms with Crippen LogP contribution in [0.2, 0.25) is 0 Å². The van der Waals surface area contributed by atoms with E-state index in [4.69, 9.17) is 5.73 Å². The summed E-state index contributed by atoms with van der Waals surface area (Å²) in [6.07, 6.45) is 0.689. The highest BCUT2D eigenvalue weighted by Crippen LogP contribution is 2.31. The number of H-pyrrole nitrogens is 1. The number of nitrogens with two attached hydrogens (primary N) is 1. The van der Waals surface area contributed by atoms with Gasteiger partial charge in [-0.1, -0.05) is 36.0 Å². The molecule has 0 aliphatic heterocycles. The van der Waals surface area contributed by atoms with Gasteiger partial charge in [0.1, 0.15) is 5.82 Å². The number of rotatable bonds is 4. The first-order chi connectivity index (χ1) is 10.1. The third kappa shape index (κ3) is 3.28. The maximum absolute atomic E-state index is 14.2. The summed E-state index contributed by atoms with van der Waals surface area (Å²) < 4.78 is 14.2. The van der Waals surface area contributed by atoms with E-state index in [0.29, 0.717) is 11.3 Å². The van der Waals surface area contributed by atoms with Crippen LogP contribution in [0.1, 0.15) is 12.5 Å². The molecule has 0 bridgehead atoms. The van der Waals surface area contributed by atoms with Gasteiger partial charge in [-0.3, -0.25) is 0 Å². The molecule has 0 aliphatic carbocycles. The first-order valence-corrected chi connectivity index (χ1v) is 7.73. The maximum atomic E-state index is 14.2. The van der Waals surface area contributed by atoms with Crippen LogP contribution in [-0.4, -0.2) is 11.0 Å². The average molecular weight is 300 g/mol. The van der Waals surface area contributed by atoms with E-state index in [0.717, 1.165) is 21.5 Å². The lowest BCUT2D eigenvalue weighted by molar-refractivity contribution is 0.597. The van der Waals surface area contributed by atoms with Crippen LogP contribution in [0, 0.1) is 5.82 Å². The number of hydrogen-bond acceptors (Lipinski definition) is 2. The van der Waals surface area contributed by atoms with E-state index in [1.165, 1.54) is 11.8 Å². The molecule has 2 nitrogen and oxygen atoms in total. The summed E-state index contributed by atoms with van der Waals surface area (Å²) in [6.45, 7) is 1.92. The fourth-order valence-corrected chi connectivity index (χ4v) is 3.22. The van der Waals surface area contributed by atoms with Crippen LogP contribution in [0.15, 0.2) is 58.5 Å². The summed E-state index contributed by atoms with van der Waals surface area (Å²) in [5.74, 6) is -0.197. The van der Waals surface area contributed by atoms with Crippen LogP contribution < -0.4 is 5.73 Å². The van der Waals surface area contributed by atoms with Crippen molar-refractivity contribution in [3.8, 4) is 0 Å². The highest BCUT2D eigenvalue weighted by molar-refractivity contribution is 7.99. The van der Waals surface area contributed by atoms with E-state index in [1.54, 1.807) is 6.07 Å². The summed E-state index contributed by atoms with van der Waals surface area (Å²) >= 11 is 1.41. The lowest BCUT2D eigenvalue weighted by Crippen LogP contribution is -2.17. The molecule has 1 heterocycles. The molecule has 0 fully saturated rings. The molecule has 3 N–H and O–H groups in total. The molecule has 0 amide bonds. The zero-order valence-electron chi connectivity index (χ0n) is 11.8. The van der Waals surface area contributed by atoms with E-state index in [9.17, 15) is 4.39 Å². The zero-order chi connectivity index (χ0) is 14.8. The first-order valence-electron chi connectivity index (χ1n) is 6.91. The Balaban J connectivity index is 1.84. The minimum absolute atomic E-state index is 0.0385. The number of halogens is 1. The quantitative estimate of drug-likeness (QED) is 0.752. The Morgan fingerprint density at radius 1 is 1.19 bits per heavy atom. The number of nitrogens with one attached hydrogen (secondary N) is 1. The Bertz CT molecular complexity index is 731. The van der Waals surface area contributed by atoms with Gasteiger partial charge in [-0.15, -0.1) is 0 Å². The van der Waals surface area contributed by atoms with Crippen molar-refractivity contribution in [1.82, 2.24) is 4.98 Å². The second kappa shape index (κ2) is 5.92. The maximum Gasteiger partial charge on any atom is 0.137 e. The van der Waals surface area contributed by atoms with Gasteiger partial charge in [-0.05, 0) is 43.2 Å². The van der Waals surface area contributed by atoms with Crippen LogP contribution in [0.3, 0.4) is 0 Å². The molecule has 108 valence electrons. The van der Waals surface area contributed by atoms with Crippen molar-refractivity contribution in [1.29, 1.82) is 0 Å². The predicted octanol–water partition coefficient (Wildman–Crippen LogP) is 4.35. The number of aromatic amines is 1. The van der Waals surface area contributed by atoms with Gasteiger partial charge in [0, 0.05) is 21.8 Å². The molecule has 3 aromatic rings. The Kier molecular flexibility index (Phi) is 3.99. The van der Waals surface area contributed by atoms with Crippen molar-refractivity contribution in [2.24, 2.45) is 5.73 Å². The van der Waals surface area contributed by atoms with Gasteiger partial charge in [0.15, 0.2) is 0 Å². The summed E-state index contributed by atoms with van der Waals surface area (Å²) in [6, 6.07) is 15.4. The highest BCUT2D eigenvalue weighted by atomic mass is 32.2. The van der Waals surface area contributed by atoms with Crippen molar-refractivity contribution < 1.29 is 4.39 Å². The van der Waals surface area contributed by atoms with Gasteiger partial charge < -0.3 is 10.7 Å². The topological polar surface area (TPSA) is 41.8 Å². The minimum atomic E-state index is -0.197. The summed E-state index contributed by atoms with van der Waals surface area (Å²) in [4.78, 5) is 3.91. The standard InChI is InChI=1S/C17H17FN2S/c1-11(19)8-12-6-7-16(14(18)9-12)21-17-10-13-4-2-3-5-15(13)20-17/h2-7,9-11,20H,8,19H2,1H3. The number of para-hydroxylation sites is 1. The number of hydrogen-bond donors (Lipinski definition) is 2. The molecule has 4 heteroatoms. The average Bonchev–Trinajstić information content (AvgIpc) is 2.83. The highest BCUT2D eigenvalue weighted by Gasteiger charge is 2.08. The number of aromatic nitrogens is 1. The fourth-order valence-electron chi connectivity index (χ4n) is 2.35. The van der Waals surface area contributed by atoms with Gasteiger partial charge in [-0.25, -0.2) is 4.39 Å². The van der Waals surface area contributed by atoms with Crippen molar-refractivity contribution in [3.63, 3.8) is 0 Å². The molecule has 1 unspecified atom stereocenters. The van der Waals surface area contributed by atoms with Crippen LogP contribution >= 0.6 is 11.8 Å². The Hall–Kier alpha value is -1.78. The summed E-state index contributed by atoms with van der Waals surface area (Å²) in [5, 5.41) is 2.07. The molecular weight excluding hydrogens is 283 g/mol. The Labute approximate surface area is 127 Å². The van der Waals surface area contributed by atoms with Crippen molar-refractivity contribution in [2.45, 2.75) is 29.3 Å². The number of fused-ring (bicyclic) bond motifs is 1. The molecule has 0 saturated heterocycles. The van der Waals surface area contributed by atoms with Crippen LogP contribution in [0.5, 0.6) is 0 Å². The van der Waals surface area contributed by atoms with E-state index in [1.807, 2.05) is 49.4 Å². The predicted molar refractivity (Wildman–Crippen MR) is 86.2 cm³/mol. The summed E-state index contributed by atoms with van der Waals surface area (Å²) in [5.41, 5.74) is 7.74. The monoisotopic (exact) mass is 300 g/mol. The number of benzene rings is 2. The third-order valence-corrected chi connectivity index (χ3v) is 4.27. The van der Waals surface area contributed by atoms with E-state index < -0.39 is 0 Å². The molecule has 3 rings (SSSR count). The van der Waals surface area contributed by atoms with Crippen molar-refractivity contribution in [2.75, 3.05) is 0 Å². The molecule has 0 spiro atoms. The molecule has 0 aliphatic rings. The molecule has 1 atom stereocenters. The van der Waals surface area contributed by atoms with Gasteiger partial charge in [0.05, 0.1) is 5.03 Å². The van der Waals surface area contributed by atoms with Crippen LogP contribution in [0.25, 0.3) is 10.9 Å². The van der Waals surface area contributed by atoms with E-state index >= 15 is 0 Å². The molecule has 21 heavy (non-hydrogen) atoms. The van der Waals surface area contributed by atoms with Crippen molar-refractivity contribution >= 4 is 22.7 Å². The van der Waals surface area contributed by atoms with Gasteiger partial charge in [0.2, 0.25) is 0 Å². The molecular formula is C17H17FN2S. The van der Waals surface area contributed by atoms with Gasteiger partial charge in [-0.2, -0.15) is 0 Å². The van der Waals surface area contributed by atoms with Gasteiger partial charge in [0.25, 0.3) is 0 Å². The minimum Gasteiger partial charge on any atom is -0.349 e. The normalized spacial score (nSPS) is 12.7. The molecule has 0 saturated carbocycles.